The molecule has 0 saturated carbocycles. The number of rotatable bonds is 5. The number of likely N-dealkylation sites (N-methyl/N-ethyl adjacent to an activating group) is 1. The summed E-state index contributed by atoms with van der Waals surface area (Å²) in [5.74, 6) is 0.0768. The Hall–Kier alpha value is -0.610. The number of carbonyl (C=O) groups is 1. The highest BCUT2D eigenvalue weighted by atomic mass is 16.1. The van der Waals surface area contributed by atoms with Crippen molar-refractivity contribution in [3.63, 3.8) is 0 Å². The third kappa shape index (κ3) is 4.18. The van der Waals surface area contributed by atoms with Crippen LogP contribution in [0.3, 0.4) is 0 Å². The average Bonchev–Trinajstić information content (AvgIpc) is 2.60. The minimum Gasteiger partial charge on any atom is -0.354 e. The van der Waals surface area contributed by atoms with E-state index in [1.165, 1.54) is 19.4 Å². The number of likely N-dealkylation sites (tertiary alicyclic amines) is 1. The molecule has 0 aromatic carbocycles. The van der Waals surface area contributed by atoms with Crippen LogP contribution in [0.4, 0.5) is 0 Å². The van der Waals surface area contributed by atoms with E-state index in [1.807, 2.05) is 6.92 Å². The van der Waals surface area contributed by atoms with Crippen molar-refractivity contribution in [2.24, 2.45) is 5.73 Å². The van der Waals surface area contributed by atoms with Crippen LogP contribution in [0.15, 0.2) is 0 Å². The molecule has 0 radical (unpaired) electrons. The van der Waals surface area contributed by atoms with Gasteiger partial charge in [0.15, 0.2) is 0 Å². The second-order valence-electron chi connectivity index (χ2n) is 4.41. The Labute approximate surface area is 92.2 Å². The second kappa shape index (κ2) is 6.08. The van der Waals surface area contributed by atoms with Crippen LogP contribution in [-0.2, 0) is 4.79 Å². The summed E-state index contributed by atoms with van der Waals surface area (Å²) in [6.45, 7) is 7.05. The van der Waals surface area contributed by atoms with Gasteiger partial charge in [0.25, 0.3) is 0 Å². The maximum atomic E-state index is 11.4. The second-order valence-corrected chi connectivity index (χ2v) is 4.41. The highest BCUT2D eigenvalue weighted by Crippen LogP contribution is 2.15. The zero-order valence-electron chi connectivity index (χ0n) is 9.83. The fourth-order valence-electron chi connectivity index (χ4n) is 2.14. The molecular formula is C11H23N3O. The monoisotopic (exact) mass is 213 g/mol. The molecular weight excluding hydrogens is 190 g/mol. The molecule has 1 saturated heterocycles. The third-order valence-electron chi connectivity index (χ3n) is 2.95. The number of nitrogens with two attached hydrogens (primary N) is 1. The van der Waals surface area contributed by atoms with Crippen molar-refractivity contribution in [2.75, 3.05) is 19.6 Å². The van der Waals surface area contributed by atoms with Crippen LogP contribution < -0.4 is 11.1 Å². The van der Waals surface area contributed by atoms with Gasteiger partial charge in [0.2, 0.25) is 5.91 Å². The molecule has 1 amide bonds. The molecule has 3 N–H and O–H groups in total. The Morgan fingerprint density at radius 2 is 2.40 bits per heavy atom. The summed E-state index contributed by atoms with van der Waals surface area (Å²) >= 11 is 0. The van der Waals surface area contributed by atoms with Gasteiger partial charge in [-0.1, -0.05) is 6.92 Å². The molecule has 0 aromatic heterocycles. The van der Waals surface area contributed by atoms with E-state index in [9.17, 15) is 4.79 Å². The summed E-state index contributed by atoms with van der Waals surface area (Å²) < 4.78 is 0. The van der Waals surface area contributed by atoms with E-state index >= 15 is 0 Å². The number of nitrogens with zero attached hydrogens (tertiary/aromatic N) is 1. The minimum absolute atomic E-state index is 0.0455. The smallest absolute Gasteiger partial charge is 0.221 e. The van der Waals surface area contributed by atoms with Crippen LogP contribution in [0.1, 0.15) is 33.1 Å². The van der Waals surface area contributed by atoms with Gasteiger partial charge in [-0.25, -0.2) is 0 Å². The van der Waals surface area contributed by atoms with Crippen LogP contribution in [0, 0.1) is 0 Å². The first kappa shape index (κ1) is 12.5. The molecule has 0 bridgehead atoms. The minimum atomic E-state index is -0.0455. The largest absolute Gasteiger partial charge is 0.354 e. The Balaban J connectivity index is 2.21. The van der Waals surface area contributed by atoms with E-state index in [-0.39, 0.29) is 11.9 Å². The Bertz CT molecular complexity index is 206. The summed E-state index contributed by atoms with van der Waals surface area (Å²) in [7, 11) is 0. The zero-order valence-corrected chi connectivity index (χ0v) is 9.83. The molecule has 1 aliphatic heterocycles. The van der Waals surface area contributed by atoms with E-state index in [4.69, 9.17) is 5.73 Å². The third-order valence-corrected chi connectivity index (χ3v) is 2.95. The topological polar surface area (TPSA) is 58.4 Å². The van der Waals surface area contributed by atoms with Crippen molar-refractivity contribution in [2.45, 2.75) is 45.2 Å². The van der Waals surface area contributed by atoms with Gasteiger partial charge in [-0.2, -0.15) is 0 Å². The van der Waals surface area contributed by atoms with E-state index in [1.54, 1.807) is 0 Å². The lowest BCUT2D eigenvalue weighted by Crippen LogP contribution is -2.41. The van der Waals surface area contributed by atoms with E-state index in [0.29, 0.717) is 12.5 Å². The summed E-state index contributed by atoms with van der Waals surface area (Å²) in [4.78, 5) is 13.8. The van der Waals surface area contributed by atoms with E-state index < -0.39 is 0 Å². The molecule has 0 aliphatic carbocycles. The molecule has 4 nitrogen and oxygen atoms in total. The quantitative estimate of drug-likeness (QED) is 0.691. The molecule has 1 heterocycles. The van der Waals surface area contributed by atoms with E-state index in [0.717, 1.165) is 13.1 Å². The Kier molecular flexibility index (Phi) is 5.05. The van der Waals surface area contributed by atoms with Gasteiger partial charge < -0.3 is 11.1 Å². The number of nitrogens with one attached hydrogen (secondary N) is 1. The van der Waals surface area contributed by atoms with Gasteiger partial charge in [0.1, 0.15) is 0 Å². The van der Waals surface area contributed by atoms with Gasteiger partial charge in [-0.3, -0.25) is 9.69 Å². The molecule has 15 heavy (non-hydrogen) atoms. The molecule has 1 rings (SSSR count). The van der Waals surface area contributed by atoms with Crippen molar-refractivity contribution < 1.29 is 4.79 Å². The highest BCUT2D eigenvalue weighted by Gasteiger charge is 2.22. The molecule has 4 heteroatoms. The number of hydrogen-bond donors (Lipinski definition) is 2. The van der Waals surface area contributed by atoms with E-state index in [2.05, 4.69) is 17.1 Å². The Morgan fingerprint density at radius 1 is 1.67 bits per heavy atom. The molecule has 88 valence electrons. The molecule has 0 aromatic rings. The standard InChI is InChI=1S/C11H23N3O/c1-3-14-6-4-5-10(14)8-13-11(15)7-9(2)12/h9-10H,3-8,12H2,1-2H3,(H,13,15). The fraction of sp³-hybridized carbons (Fsp3) is 0.909. The number of amides is 1. The number of carbonyl (C=O) groups excluding carboxylic acids is 1. The fourth-order valence-corrected chi connectivity index (χ4v) is 2.14. The number of hydrogen-bond acceptors (Lipinski definition) is 3. The van der Waals surface area contributed by atoms with Gasteiger partial charge in [-0.15, -0.1) is 0 Å². The Morgan fingerprint density at radius 3 is 3.00 bits per heavy atom. The van der Waals surface area contributed by atoms with Crippen molar-refractivity contribution in [3.05, 3.63) is 0 Å². The van der Waals surface area contributed by atoms with Crippen molar-refractivity contribution in [1.29, 1.82) is 0 Å². The first-order chi connectivity index (χ1) is 7.13. The van der Waals surface area contributed by atoms with Crippen LogP contribution in [0.2, 0.25) is 0 Å². The normalized spacial score (nSPS) is 24.1. The lowest BCUT2D eigenvalue weighted by atomic mass is 10.2. The van der Waals surface area contributed by atoms with Gasteiger partial charge in [0, 0.05) is 25.0 Å². The molecule has 1 fully saturated rings. The summed E-state index contributed by atoms with van der Waals surface area (Å²) in [6, 6.07) is 0.489. The summed E-state index contributed by atoms with van der Waals surface area (Å²) in [5.41, 5.74) is 5.56. The predicted octanol–water partition coefficient (Wildman–Crippen LogP) is 0.324. The maximum absolute atomic E-state index is 11.4. The van der Waals surface area contributed by atoms with Crippen LogP contribution in [-0.4, -0.2) is 42.5 Å². The maximum Gasteiger partial charge on any atom is 0.221 e. The van der Waals surface area contributed by atoms with Crippen molar-refractivity contribution in [1.82, 2.24) is 10.2 Å². The van der Waals surface area contributed by atoms with Crippen molar-refractivity contribution in [3.8, 4) is 0 Å². The van der Waals surface area contributed by atoms with Crippen LogP contribution in [0.25, 0.3) is 0 Å². The summed E-state index contributed by atoms with van der Waals surface area (Å²) in [5, 5.41) is 2.96. The van der Waals surface area contributed by atoms with Gasteiger partial charge >= 0.3 is 0 Å². The molecule has 1 aliphatic rings. The first-order valence-corrected chi connectivity index (χ1v) is 5.89. The SMILES string of the molecule is CCN1CCCC1CNC(=O)CC(C)N. The van der Waals surface area contributed by atoms with Crippen molar-refractivity contribution >= 4 is 5.91 Å². The molecule has 2 unspecified atom stereocenters. The van der Waals surface area contributed by atoms with Gasteiger partial charge in [0.05, 0.1) is 0 Å². The predicted molar refractivity (Wildman–Crippen MR) is 61.5 cm³/mol. The van der Waals surface area contributed by atoms with Crippen LogP contribution in [0.5, 0.6) is 0 Å². The van der Waals surface area contributed by atoms with Crippen LogP contribution >= 0.6 is 0 Å². The lowest BCUT2D eigenvalue weighted by Gasteiger charge is -2.23. The summed E-state index contributed by atoms with van der Waals surface area (Å²) in [6.07, 6.45) is 2.88. The first-order valence-electron chi connectivity index (χ1n) is 5.89. The van der Waals surface area contributed by atoms with Gasteiger partial charge in [-0.05, 0) is 32.9 Å². The average molecular weight is 213 g/mol. The highest BCUT2D eigenvalue weighted by molar-refractivity contribution is 5.76. The molecule has 2 atom stereocenters. The lowest BCUT2D eigenvalue weighted by molar-refractivity contribution is -0.121. The zero-order chi connectivity index (χ0) is 11.3. The molecule has 0 spiro atoms.